The van der Waals surface area contributed by atoms with E-state index in [1.165, 1.54) is 12.5 Å². The Kier molecular flexibility index (Phi) is 6.18. The number of aliphatic carboxylic acids is 1. The number of nitrogens with zero attached hydrogens (tertiary/aromatic N) is 3. The second-order valence-electron chi connectivity index (χ2n) is 4.52. The minimum atomic E-state index is -1.24. The van der Waals surface area contributed by atoms with Crippen LogP contribution in [-0.2, 0) is 11.2 Å². The van der Waals surface area contributed by atoms with Crippen LogP contribution in [0.5, 0.6) is 0 Å². The van der Waals surface area contributed by atoms with Gasteiger partial charge in [-0.05, 0) is 6.07 Å². The quantitative estimate of drug-likeness (QED) is 0.498. The first-order valence-electron chi connectivity index (χ1n) is 6.28. The molecule has 3 N–H and O–H groups in total. The summed E-state index contributed by atoms with van der Waals surface area (Å²) in [6, 6.07) is 1.76. The van der Waals surface area contributed by atoms with Crippen molar-refractivity contribution in [1.29, 1.82) is 0 Å². The van der Waals surface area contributed by atoms with Crippen molar-refractivity contribution in [2.75, 3.05) is 5.32 Å². The molecule has 0 aliphatic rings. The highest BCUT2D eigenvalue weighted by Crippen LogP contribution is 2.29. The summed E-state index contributed by atoms with van der Waals surface area (Å²) >= 11 is 0. The lowest BCUT2D eigenvalue weighted by Crippen LogP contribution is -2.31. The molecule has 1 atom stereocenters. The molecular formula is C12H12ClN5O6. The molecular weight excluding hydrogens is 346 g/mol. The minimum Gasteiger partial charge on any atom is -0.480 e. The van der Waals surface area contributed by atoms with E-state index in [4.69, 9.17) is 0 Å². The van der Waals surface area contributed by atoms with Gasteiger partial charge in [0.2, 0.25) is 0 Å². The van der Waals surface area contributed by atoms with Gasteiger partial charge < -0.3 is 15.4 Å². The van der Waals surface area contributed by atoms with Gasteiger partial charge in [-0.3, -0.25) is 20.2 Å². The van der Waals surface area contributed by atoms with Crippen LogP contribution in [0.4, 0.5) is 17.1 Å². The molecule has 0 spiro atoms. The van der Waals surface area contributed by atoms with Gasteiger partial charge in [0.1, 0.15) is 11.7 Å². The first-order valence-corrected chi connectivity index (χ1v) is 6.28. The van der Waals surface area contributed by atoms with E-state index < -0.39 is 33.2 Å². The molecule has 0 saturated carbocycles. The molecule has 1 aromatic carbocycles. The van der Waals surface area contributed by atoms with Gasteiger partial charge in [-0.1, -0.05) is 0 Å². The summed E-state index contributed by atoms with van der Waals surface area (Å²) in [5, 5.41) is 33.5. The van der Waals surface area contributed by atoms with E-state index in [1.807, 2.05) is 0 Å². The number of nitrogens with one attached hydrogen (secondary N) is 2. The van der Waals surface area contributed by atoms with Crippen LogP contribution in [0, 0.1) is 20.2 Å². The molecule has 24 heavy (non-hydrogen) atoms. The molecule has 1 heterocycles. The van der Waals surface area contributed by atoms with E-state index >= 15 is 0 Å². The number of aromatic amines is 1. The first-order chi connectivity index (χ1) is 10.9. The van der Waals surface area contributed by atoms with Gasteiger partial charge in [0, 0.05) is 18.7 Å². The largest absolute Gasteiger partial charge is 0.480 e. The zero-order chi connectivity index (χ0) is 17.0. The summed E-state index contributed by atoms with van der Waals surface area (Å²) in [6.45, 7) is 0. The van der Waals surface area contributed by atoms with Crippen LogP contribution in [0.3, 0.4) is 0 Å². The number of benzene rings is 1. The first kappa shape index (κ1) is 18.8. The maximum absolute atomic E-state index is 11.3. The maximum Gasteiger partial charge on any atom is 0.326 e. The number of hydrogen-bond donors (Lipinski definition) is 3. The third-order valence-corrected chi connectivity index (χ3v) is 2.98. The molecule has 0 aliphatic heterocycles. The summed E-state index contributed by atoms with van der Waals surface area (Å²) in [6.07, 6.45) is 2.86. The van der Waals surface area contributed by atoms with Gasteiger partial charge in [-0.2, -0.15) is 0 Å². The number of anilines is 1. The van der Waals surface area contributed by atoms with Crippen LogP contribution >= 0.6 is 12.4 Å². The molecule has 12 heteroatoms. The van der Waals surface area contributed by atoms with E-state index in [0.717, 1.165) is 18.2 Å². The van der Waals surface area contributed by atoms with Crippen LogP contribution in [0.1, 0.15) is 5.69 Å². The average molecular weight is 358 g/mol. The number of carbonyl (C=O) groups is 1. The highest BCUT2D eigenvalue weighted by molar-refractivity contribution is 5.85. The molecule has 0 unspecified atom stereocenters. The number of carboxylic acids is 1. The minimum absolute atomic E-state index is 0. The number of non-ortho nitro benzene ring substituents is 1. The monoisotopic (exact) mass is 357 g/mol. The molecule has 11 nitrogen and oxygen atoms in total. The molecule has 0 aliphatic carbocycles. The number of nitro benzene ring substituents is 2. The molecule has 128 valence electrons. The fourth-order valence-corrected chi connectivity index (χ4v) is 1.91. The van der Waals surface area contributed by atoms with E-state index in [9.17, 15) is 30.1 Å². The molecule has 2 aromatic rings. The van der Waals surface area contributed by atoms with Crippen molar-refractivity contribution < 1.29 is 19.7 Å². The molecule has 0 bridgehead atoms. The third-order valence-electron chi connectivity index (χ3n) is 2.98. The Balaban J connectivity index is 0.00000288. The Bertz CT molecular complexity index is 750. The zero-order valence-corrected chi connectivity index (χ0v) is 12.7. The lowest BCUT2D eigenvalue weighted by atomic mass is 10.1. The number of imidazole rings is 1. The normalized spacial score (nSPS) is 11.2. The Morgan fingerprint density at radius 2 is 2.04 bits per heavy atom. The van der Waals surface area contributed by atoms with Crippen LogP contribution in [0.25, 0.3) is 0 Å². The molecule has 1 aromatic heterocycles. The van der Waals surface area contributed by atoms with Crippen LogP contribution in [0.2, 0.25) is 0 Å². The highest BCUT2D eigenvalue weighted by Gasteiger charge is 2.25. The number of carboxylic acid groups (broad SMARTS) is 1. The fraction of sp³-hybridized carbons (Fsp3) is 0.167. The Labute approximate surface area is 140 Å². The molecule has 2 rings (SSSR count). The average Bonchev–Trinajstić information content (AvgIpc) is 2.99. The number of halogens is 1. The predicted octanol–water partition coefficient (Wildman–Crippen LogP) is 1.76. The number of H-pyrrole nitrogens is 1. The van der Waals surface area contributed by atoms with Crippen molar-refractivity contribution in [3.63, 3.8) is 0 Å². The lowest BCUT2D eigenvalue weighted by Gasteiger charge is -2.14. The maximum atomic E-state index is 11.3. The smallest absolute Gasteiger partial charge is 0.326 e. The van der Waals surface area contributed by atoms with Crippen LogP contribution in [0.15, 0.2) is 30.7 Å². The predicted molar refractivity (Wildman–Crippen MR) is 84.3 cm³/mol. The summed E-state index contributed by atoms with van der Waals surface area (Å²) in [4.78, 5) is 38.0. The second-order valence-corrected chi connectivity index (χ2v) is 4.52. The van der Waals surface area contributed by atoms with E-state index in [1.54, 1.807) is 0 Å². The van der Waals surface area contributed by atoms with Gasteiger partial charge in [0.15, 0.2) is 0 Å². The Hall–Kier alpha value is -3.21. The number of rotatable bonds is 7. The van der Waals surface area contributed by atoms with Gasteiger partial charge in [0.25, 0.3) is 11.4 Å². The Morgan fingerprint density at radius 1 is 1.33 bits per heavy atom. The van der Waals surface area contributed by atoms with Crippen molar-refractivity contribution in [2.24, 2.45) is 0 Å². The molecule has 0 fully saturated rings. The third kappa shape index (κ3) is 4.39. The standard InChI is InChI=1S/C12H11N5O6.ClH/c18-12(19)10(3-7-5-13-6-14-7)15-9-2-1-8(16(20)21)4-11(9)17(22)23;/h1-2,4-6,10,15H,3H2,(H,13,14)(H,18,19);1H/t10-;/m0./s1. The molecule has 0 saturated heterocycles. The second kappa shape index (κ2) is 7.87. The van der Waals surface area contributed by atoms with E-state index in [0.29, 0.717) is 5.69 Å². The van der Waals surface area contributed by atoms with Crippen molar-refractivity contribution >= 4 is 35.4 Å². The molecule has 0 radical (unpaired) electrons. The van der Waals surface area contributed by atoms with Gasteiger partial charge in [-0.15, -0.1) is 12.4 Å². The lowest BCUT2D eigenvalue weighted by molar-refractivity contribution is -0.393. The summed E-state index contributed by atoms with van der Waals surface area (Å²) in [5.41, 5.74) is -0.702. The van der Waals surface area contributed by atoms with Crippen molar-refractivity contribution in [3.05, 3.63) is 56.6 Å². The number of nitro groups is 2. The number of hydrogen-bond acceptors (Lipinski definition) is 7. The van der Waals surface area contributed by atoms with E-state index in [2.05, 4.69) is 15.3 Å². The van der Waals surface area contributed by atoms with Crippen LogP contribution < -0.4 is 5.32 Å². The van der Waals surface area contributed by atoms with Crippen molar-refractivity contribution in [1.82, 2.24) is 9.97 Å². The summed E-state index contributed by atoms with van der Waals surface area (Å²) in [5.74, 6) is -1.24. The fourth-order valence-electron chi connectivity index (χ4n) is 1.91. The molecule has 0 amide bonds. The van der Waals surface area contributed by atoms with Crippen LogP contribution in [-0.4, -0.2) is 36.9 Å². The van der Waals surface area contributed by atoms with Crippen molar-refractivity contribution in [2.45, 2.75) is 12.5 Å². The van der Waals surface area contributed by atoms with Gasteiger partial charge >= 0.3 is 5.97 Å². The topological polar surface area (TPSA) is 164 Å². The number of aromatic nitrogens is 2. The van der Waals surface area contributed by atoms with Gasteiger partial charge in [-0.25, -0.2) is 9.78 Å². The highest BCUT2D eigenvalue weighted by atomic mass is 35.5. The Morgan fingerprint density at radius 3 is 2.54 bits per heavy atom. The van der Waals surface area contributed by atoms with Crippen molar-refractivity contribution in [3.8, 4) is 0 Å². The zero-order valence-electron chi connectivity index (χ0n) is 11.9. The SMILES string of the molecule is Cl.O=C(O)[C@H](Cc1c[nH]cn1)Nc1ccc([N+](=O)[O-])cc1[N+](=O)[O-]. The summed E-state index contributed by atoms with van der Waals surface area (Å²) < 4.78 is 0. The van der Waals surface area contributed by atoms with E-state index in [-0.39, 0.29) is 24.5 Å². The summed E-state index contributed by atoms with van der Waals surface area (Å²) in [7, 11) is 0. The van der Waals surface area contributed by atoms with Gasteiger partial charge in [0.05, 0.1) is 27.9 Å².